The summed E-state index contributed by atoms with van der Waals surface area (Å²) in [6, 6.07) is 21.0. The van der Waals surface area contributed by atoms with Gasteiger partial charge in [0.2, 0.25) is 0 Å². The minimum absolute atomic E-state index is 0.0613. The molecule has 0 saturated carbocycles. The highest BCUT2D eigenvalue weighted by Gasteiger charge is 2.28. The Morgan fingerprint density at radius 1 is 0.808 bits per heavy atom. The van der Waals surface area contributed by atoms with Gasteiger partial charge in [0, 0.05) is 15.4 Å². The lowest BCUT2D eigenvalue weighted by molar-refractivity contribution is -0.254. The van der Waals surface area contributed by atoms with Gasteiger partial charge in [0.25, 0.3) is 0 Å². The molecule has 0 radical (unpaired) electrons. The standard InChI is InChI=1S/C20H14N2O3S/c23-19(24)13-7-1-2-8-14(13)21-20(25)22-15-9-3-5-11-17(15)26-18-12-6-4-10-16(18)22/h1-12H,(H,21,25)(H,23,24)/p-1. The molecule has 3 aromatic rings. The zero-order valence-electron chi connectivity index (χ0n) is 13.5. The highest BCUT2D eigenvalue weighted by Crippen LogP contribution is 2.48. The quantitative estimate of drug-likeness (QED) is 0.752. The lowest BCUT2D eigenvalue weighted by Gasteiger charge is -2.31. The van der Waals surface area contributed by atoms with Crippen LogP contribution >= 0.6 is 11.8 Å². The largest absolute Gasteiger partial charge is 0.545 e. The average molecular weight is 361 g/mol. The van der Waals surface area contributed by atoms with Crippen LogP contribution in [0.5, 0.6) is 0 Å². The number of para-hydroxylation sites is 3. The number of anilines is 3. The number of hydrogen-bond donors (Lipinski definition) is 1. The second kappa shape index (κ2) is 6.57. The number of carbonyl (C=O) groups excluding carboxylic acids is 2. The molecule has 1 heterocycles. The number of fused-ring (bicyclic) bond motifs is 2. The van der Waals surface area contributed by atoms with Gasteiger partial charge in [0.1, 0.15) is 0 Å². The van der Waals surface area contributed by atoms with E-state index in [4.69, 9.17) is 0 Å². The summed E-state index contributed by atoms with van der Waals surface area (Å²) in [5.74, 6) is -1.34. The maximum absolute atomic E-state index is 13.1. The van der Waals surface area contributed by atoms with E-state index in [1.54, 1.807) is 34.9 Å². The first-order valence-electron chi connectivity index (χ1n) is 7.92. The van der Waals surface area contributed by atoms with E-state index in [-0.39, 0.29) is 11.3 Å². The molecule has 0 fully saturated rings. The molecule has 4 rings (SSSR count). The summed E-state index contributed by atoms with van der Waals surface area (Å²) >= 11 is 1.59. The third-order valence-electron chi connectivity index (χ3n) is 4.02. The van der Waals surface area contributed by atoms with Crippen LogP contribution in [0.15, 0.2) is 82.6 Å². The molecule has 5 nitrogen and oxygen atoms in total. The van der Waals surface area contributed by atoms with Crippen molar-refractivity contribution in [3.63, 3.8) is 0 Å². The van der Waals surface area contributed by atoms with Crippen LogP contribution in [-0.4, -0.2) is 12.0 Å². The maximum Gasteiger partial charge on any atom is 0.331 e. The summed E-state index contributed by atoms with van der Waals surface area (Å²) in [5.41, 5.74) is 1.64. The zero-order valence-corrected chi connectivity index (χ0v) is 14.3. The van der Waals surface area contributed by atoms with Crippen molar-refractivity contribution in [2.45, 2.75) is 9.79 Å². The van der Waals surface area contributed by atoms with E-state index in [0.29, 0.717) is 0 Å². The first-order valence-corrected chi connectivity index (χ1v) is 8.74. The highest BCUT2D eigenvalue weighted by atomic mass is 32.2. The van der Waals surface area contributed by atoms with E-state index in [1.165, 1.54) is 6.07 Å². The van der Waals surface area contributed by atoms with Crippen LogP contribution in [-0.2, 0) is 0 Å². The molecule has 0 atom stereocenters. The van der Waals surface area contributed by atoms with Gasteiger partial charge in [-0.15, -0.1) is 0 Å². The molecule has 1 aliphatic rings. The van der Waals surface area contributed by atoms with Gasteiger partial charge in [-0.3, -0.25) is 4.90 Å². The van der Waals surface area contributed by atoms with Crippen LogP contribution in [0.4, 0.5) is 21.9 Å². The van der Waals surface area contributed by atoms with E-state index < -0.39 is 12.0 Å². The number of nitrogens with zero attached hydrogens (tertiary/aromatic N) is 1. The fourth-order valence-corrected chi connectivity index (χ4v) is 3.92. The zero-order chi connectivity index (χ0) is 18.1. The monoisotopic (exact) mass is 361 g/mol. The molecular weight excluding hydrogens is 348 g/mol. The molecule has 26 heavy (non-hydrogen) atoms. The number of carboxylic acids is 1. The Morgan fingerprint density at radius 3 is 1.96 bits per heavy atom. The Kier molecular flexibility index (Phi) is 4.10. The molecule has 128 valence electrons. The maximum atomic E-state index is 13.1. The molecule has 0 aromatic heterocycles. The van der Waals surface area contributed by atoms with Crippen molar-refractivity contribution >= 4 is 40.8 Å². The number of hydrogen-bond acceptors (Lipinski definition) is 4. The fraction of sp³-hybridized carbons (Fsp3) is 0. The predicted molar refractivity (Wildman–Crippen MR) is 98.9 cm³/mol. The van der Waals surface area contributed by atoms with Gasteiger partial charge in [-0.25, -0.2) is 4.79 Å². The van der Waals surface area contributed by atoms with Gasteiger partial charge in [0.05, 0.1) is 23.0 Å². The fourth-order valence-electron chi connectivity index (χ4n) is 2.86. The number of rotatable bonds is 2. The molecule has 0 spiro atoms. The molecule has 3 aromatic carbocycles. The number of carbonyl (C=O) groups is 2. The summed E-state index contributed by atoms with van der Waals surface area (Å²) in [7, 11) is 0. The van der Waals surface area contributed by atoms with Crippen molar-refractivity contribution in [2.75, 3.05) is 10.2 Å². The molecule has 6 heteroatoms. The van der Waals surface area contributed by atoms with Gasteiger partial charge in [-0.2, -0.15) is 0 Å². The van der Waals surface area contributed by atoms with Crippen LogP contribution in [0.3, 0.4) is 0 Å². The van der Waals surface area contributed by atoms with Gasteiger partial charge in [0.15, 0.2) is 0 Å². The summed E-state index contributed by atoms with van der Waals surface area (Å²) in [4.78, 5) is 27.8. The first-order chi connectivity index (χ1) is 12.6. The Morgan fingerprint density at radius 2 is 1.35 bits per heavy atom. The molecule has 1 N–H and O–H groups in total. The number of nitrogens with one attached hydrogen (secondary N) is 1. The van der Waals surface area contributed by atoms with Crippen LogP contribution in [0.25, 0.3) is 0 Å². The first kappa shape index (κ1) is 16.2. The second-order valence-electron chi connectivity index (χ2n) is 5.64. The van der Waals surface area contributed by atoms with E-state index in [1.807, 2.05) is 48.5 Å². The number of carboxylic acid groups (broad SMARTS) is 1. The second-order valence-corrected chi connectivity index (χ2v) is 6.72. The van der Waals surface area contributed by atoms with Crippen molar-refractivity contribution in [3.8, 4) is 0 Å². The smallest absolute Gasteiger partial charge is 0.331 e. The summed E-state index contributed by atoms with van der Waals surface area (Å²) in [6.07, 6.45) is 0. The van der Waals surface area contributed by atoms with Gasteiger partial charge >= 0.3 is 6.03 Å². The Bertz CT molecular complexity index is 974. The van der Waals surface area contributed by atoms with E-state index in [2.05, 4.69) is 5.32 Å². The summed E-state index contributed by atoms with van der Waals surface area (Å²) < 4.78 is 0. The van der Waals surface area contributed by atoms with E-state index >= 15 is 0 Å². The van der Waals surface area contributed by atoms with Crippen LogP contribution in [0.2, 0.25) is 0 Å². The van der Waals surface area contributed by atoms with Crippen LogP contribution < -0.4 is 15.3 Å². The minimum atomic E-state index is -1.34. The molecule has 0 aliphatic carbocycles. The van der Waals surface area contributed by atoms with Crippen molar-refractivity contribution in [1.82, 2.24) is 0 Å². The molecule has 1 aliphatic heterocycles. The molecule has 0 unspecified atom stereocenters. The van der Waals surface area contributed by atoms with Crippen molar-refractivity contribution in [3.05, 3.63) is 78.4 Å². The Labute approximate surface area is 154 Å². The Hall–Kier alpha value is -3.25. The highest BCUT2D eigenvalue weighted by molar-refractivity contribution is 7.99. The number of benzene rings is 3. The molecule has 0 saturated heterocycles. The van der Waals surface area contributed by atoms with E-state index in [9.17, 15) is 14.7 Å². The van der Waals surface area contributed by atoms with Gasteiger partial charge < -0.3 is 15.2 Å². The topological polar surface area (TPSA) is 72.5 Å². The minimum Gasteiger partial charge on any atom is -0.545 e. The van der Waals surface area contributed by atoms with Crippen molar-refractivity contribution in [1.29, 1.82) is 0 Å². The van der Waals surface area contributed by atoms with Crippen LogP contribution in [0.1, 0.15) is 10.4 Å². The summed E-state index contributed by atoms with van der Waals surface area (Å²) in [6.45, 7) is 0. The predicted octanol–water partition coefficient (Wildman–Crippen LogP) is 3.88. The van der Waals surface area contributed by atoms with Gasteiger partial charge in [-0.1, -0.05) is 54.2 Å². The molecule has 2 amide bonds. The third-order valence-corrected chi connectivity index (χ3v) is 5.15. The lowest BCUT2D eigenvalue weighted by atomic mass is 10.2. The number of urea groups is 1. The number of aromatic carboxylic acids is 1. The van der Waals surface area contributed by atoms with Crippen molar-refractivity contribution in [2.24, 2.45) is 0 Å². The average Bonchev–Trinajstić information content (AvgIpc) is 2.66. The van der Waals surface area contributed by atoms with E-state index in [0.717, 1.165) is 21.2 Å². The molecule has 0 bridgehead atoms. The lowest BCUT2D eigenvalue weighted by Crippen LogP contribution is -2.34. The number of amides is 2. The van der Waals surface area contributed by atoms with Gasteiger partial charge in [-0.05, 0) is 30.3 Å². The SMILES string of the molecule is O=C([O-])c1ccccc1NC(=O)N1c2ccccc2Sc2ccccc21. The summed E-state index contributed by atoms with van der Waals surface area (Å²) in [5, 5.41) is 14.0. The third kappa shape index (κ3) is 2.80. The van der Waals surface area contributed by atoms with Crippen LogP contribution in [0, 0.1) is 0 Å². The van der Waals surface area contributed by atoms with Crippen molar-refractivity contribution < 1.29 is 14.7 Å². The normalized spacial score (nSPS) is 12.1. The Balaban J connectivity index is 1.76. The molecular formula is C20H13N2O3S-.